The predicted molar refractivity (Wildman–Crippen MR) is 123 cm³/mol. The summed E-state index contributed by atoms with van der Waals surface area (Å²) in [6.45, 7) is 10.5. The van der Waals surface area contributed by atoms with Crippen molar-refractivity contribution in [2.45, 2.75) is 52.7 Å². The van der Waals surface area contributed by atoms with E-state index in [0.29, 0.717) is 19.3 Å². The lowest BCUT2D eigenvalue weighted by Crippen LogP contribution is -2.38. The van der Waals surface area contributed by atoms with Crippen molar-refractivity contribution in [1.29, 1.82) is 0 Å². The Labute approximate surface area is 186 Å². The minimum atomic E-state index is 0. The van der Waals surface area contributed by atoms with Gasteiger partial charge in [0.25, 0.3) is 0 Å². The van der Waals surface area contributed by atoms with Gasteiger partial charge in [-0.05, 0) is 40.0 Å². The maximum Gasteiger partial charge on any atom is 0.191 e. The fourth-order valence-corrected chi connectivity index (χ4v) is 3.10. The molecule has 0 spiro atoms. The van der Waals surface area contributed by atoms with Crippen molar-refractivity contribution in [3.05, 3.63) is 23.0 Å². The number of aliphatic imine (C=N–C) groups is 1. The van der Waals surface area contributed by atoms with E-state index < -0.39 is 0 Å². The number of rotatable bonds is 10. The van der Waals surface area contributed by atoms with Crippen LogP contribution < -0.4 is 15.4 Å². The Kier molecular flexibility index (Phi) is 12.4. The minimum Gasteiger partial charge on any atom is -0.496 e. The molecule has 1 unspecified atom stereocenters. The molecule has 1 aliphatic rings. The van der Waals surface area contributed by atoms with Gasteiger partial charge in [0.05, 0.1) is 32.1 Å². The summed E-state index contributed by atoms with van der Waals surface area (Å²) < 4.78 is 16.7. The van der Waals surface area contributed by atoms with Crippen molar-refractivity contribution in [3.63, 3.8) is 0 Å². The molecule has 1 fully saturated rings. The van der Waals surface area contributed by atoms with Crippen molar-refractivity contribution in [2.75, 3.05) is 40.0 Å². The van der Waals surface area contributed by atoms with Gasteiger partial charge in [-0.2, -0.15) is 0 Å². The number of pyridine rings is 1. The number of ether oxygens (including phenoxy) is 3. The smallest absolute Gasteiger partial charge is 0.191 e. The summed E-state index contributed by atoms with van der Waals surface area (Å²) in [5.74, 6) is 1.67. The van der Waals surface area contributed by atoms with Crippen LogP contribution in [0, 0.1) is 13.8 Å². The Bertz CT molecular complexity index is 607. The summed E-state index contributed by atoms with van der Waals surface area (Å²) in [6, 6.07) is 0. The summed E-state index contributed by atoms with van der Waals surface area (Å²) >= 11 is 0. The number of halogens is 1. The molecule has 1 atom stereocenters. The van der Waals surface area contributed by atoms with Crippen LogP contribution in [0.25, 0.3) is 0 Å². The van der Waals surface area contributed by atoms with Crippen molar-refractivity contribution in [1.82, 2.24) is 15.6 Å². The maximum absolute atomic E-state index is 5.69. The topological polar surface area (TPSA) is 77.0 Å². The van der Waals surface area contributed by atoms with Gasteiger partial charge in [-0.15, -0.1) is 24.0 Å². The summed E-state index contributed by atoms with van der Waals surface area (Å²) in [5, 5.41) is 6.61. The number of guanidine groups is 1. The Morgan fingerprint density at radius 2 is 2.18 bits per heavy atom. The monoisotopic (exact) mass is 506 g/mol. The molecule has 1 aromatic heterocycles. The first-order valence-electron chi connectivity index (χ1n) is 9.86. The van der Waals surface area contributed by atoms with Gasteiger partial charge in [-0.1, -0.05) is 0 Å². The standard InChI is InChI=1S/C20H34N4O3.HI/c1-5-21-20(22-9-7-10-26-14-17-8-6-11-27-17)24-13-18-16(3)19(25-4)15(2)12-23-18;/h12,17H,5-11,13-14H2,1-4H3,(H2,21,22,24);1H. The van der Waals surface area contributed by atoms with E-state index in [1.54, 1.807) is 7.11 Å². The zero-order valence-corrected chi connectivity index (χ0v) is 19.9. The van der Waals surface area contributed by atoms with Crippen LogP contribution in [0.5, 0.6) is 5.75 Å². The van der Waals surface area contributed by atoms with E-state index in [-0.39, 0.29) is 24.0 Å². The van der Waals surface area contributed by atoms with E-state index >= 15 is 0 Å². The minimum absolute atomic E-state index is 0. The normalized spacial score (nSPS) is 16.6. The third-order valence-electron chi connectivity index (χ3n) is 4.57. The third kappa shape index (κ3) is 8.08. The molecule has 2 N–H and O–H groups in total. The summed E-state index contributed by atoms with van der Waals surface area (Å²) in [7, 11) is 1.69. The first-order valence-corrected chi connectivity index (χ1v) is 9.86. The van der Waals surface area contributed by atoms with Gasteiger partial charge in [0.15, 0.2) is 5.96 Å². The molecule has 0 radical (unpaired) electrons. The first kappa shape index (κ1) is 24.9. The molecular weight excluding hydrogens is 471 g/mol. The van der Waals surface area contributed by atoms with Crippen LogP contribution >= 0.6 is 24.0 Å². The molecule has 0 aromatic carbocycles. The quantitative estimate of drug-likeness (QED) is 0.220. The lowest BCUT2D eigenvalue weighted by Gasteiger charge is -2.14. The zero-order valence-electron chi connectivity index (χ0n) is 17.5. The largest absolute Gasteiger partial charge is 0.496 e. The molecule has 28 heavy (non-hydrogen) atoms. The highest BCUT2D eigenvalue weighted by Gasteiger charge is 2.15. The number of aryl methyl sites for hydroxylation is 1. The predicted octanol–water partition coefficient (Wildman–Crippen LogP) is 2.97. The summed E-state index contributed by atoms with van der Waals surface area (Å²) in [5.41, 5.74) is 3.00. The lowest BCUT2D eigenvalue weighted by molar-refractivity contribution is 0.0168. The number of methoxy groups -OCH3 is 1. The van der Waals surface area contributed by atoms with Gasteiger partial charge in [0.1, 0.15) is 5.75 Å². The van der Waals surface area contributed by atoms with Crippen molar-refractivity contribution >= 4 is 29.9 Å². The van der Waals surface area contributed by atoms with Crippen LogP contribution in [0.3, 0.4) is 0 Å². The average Bonchev–Trinajstić information content (AvgIpc) is 3.17. The Hall–Kier alpha value is -1.13. The van der Waals surface area contributed by atoms with Crippen LogP contribution in [-0.2, 0) is 16.0 Å². The molecule has 0 amide bonds. The Morgan fingerprint density at radius 1 is 1.36 bits per heavy atom. The average molecular weight is 506 g/mol. The second kappa shape index (κ2) is 13.9. The zero-order chi connectivity index (χ0) is 19.5. The lowest BCUT2D eigenvalue weighted by atomic mass is 10.1. The molecule has 1 saturated heterocycles. The highest BCUT2D eigenvalue weighted by Crippen LogP contribution is 2.24. The fourth-order valence-electron chi connectivity index (χ4n) is 3.10. The van der Waals surface area contributed by atoms with E-state index in [1.807, 2.05) is 20.0 Å². The van der Waals surface area contributed by atoms with Gasteiger partial charge >= 0.3 is 0 Å². The van der Waals surface area contributed by atoms with Crippen molar-refractivity contribution in [2.24, 2.45) is 4.99 Å². The van der Waals surface area contributed by atoms with Gasteiger partial charge in [-0.3, -0.25) is 4.98 Å². The third-order valence-corrected chi connectivity index (χ3v) is 4.57. The van der Waals surface area contributed by atoms with E-state index in [9.17, 15) is 0 Å². The van der Waals surface area contributed by atoms with Crippen molar-refractivity contribution in [3.8, 4) is 5.75 Å². The van der Waals surface area contributed by atoms with E-state index in [1.165, 1.54) is 0 Å². The van der Waals surface area contributed by atoms with Crippen LogP contribution in [-0.4, -0.2) is 57.1 Å². The summed E-state index contributed by atoms with van der Waals surface area (Å²) in [6.07, 6.45) is 5.32. The van der Waals surface area contributed by atoms with E-state index in [2.05, 4.69) is 27.5 Å². The fraction of sp³-hybridized carbons (Fsp3) is 0.700. The molecule has 7 nitrogen and oxygen atoms in total. The van der Waals surface area contributed by atoms with Gasteiger partial charge in [0.2, 0.25) is 0 Å². The highest BCUT2D eigenvalue weighted by molar-refractivity contribution is 14.0. The van der Waals surface area contributed by atoms with Gasteiger partial charge in [-0.25, -0.2) is 4.99 Å². The summed E-state index contributed by atoms with van der Waals surface area (Å²) in [4.78, 5) is 9.15. The molecule has 0 saturated carbocycles. The second-order valence-electron chi connectivity index (χ2n) is 6.73. The number of aromatic nitrogens is 1. The van der Waals surface area contributed by atoms with Gasteiger partial charge in [0, 0.05) is 43.6 Å². The van der Waals surface area contributed by atoms with E-state index in [0.717, 1.165) is 74.1 Å². The first-order chi connectivity index (χ1) is 13.2. The number of nitrogens with one attached hydrogen (secondary N) is 2. The molecule has 2 heterocycles. The van der Waals surface area contributed by atoms with Gasteiger partial charge < -0.3 is 24.8 Å². The molecule has 160 valence electrons. The molecule has 8 heteroatoms. The van der Waals surface area contributed by atoms with Crippen molar-refractivity contribution < 1.29 is 14.2 Å². The highest BCUT2D eigenvalue weighted by atomic mass is 127. The second-order valence-corrected chi connectivity index (χ2v) is 6.73. The number of hydrogen-bond acceptors (Lipinski definition) is 5. The number of nitrogens with zero attached hydrogens (tertiary/aromatic N) is 2. The molecule has 1 aliphatic heterocycles. The molecule has 0 bridgehead atoms. The van der Waals surface area contributed by atoms with Crippen LogP contribution in [0.1, 0.15) is 43.0 Å². The van der Waals surface area contributed by atoms with E-state index in [4.69, 9.17) is 14.2 Å². The van der Waals surface area contributed by atoms with Crippen LogP contribution in [0.15, 0.2) is 11.2 Å². The van der Waals surface area contributed by atoms with Crippen LogP contribution in [0.2, 0.25) is 0 Å². The Morgan fingerprint density at radius 3 is 2.86 bits per heavy atom. The molecular formula is C20H35IN4O3. The Balaban J connectivity index is 0.00000392. The van der Waals surface area contributed by atoms with Crippen LogP contribution in [0.4, 0.5) is 0 Å². The molecule has 2 rings (SSSR count). The maximum atomic E-state index is 5.69. The number of hydrogen-bond donors (Lipinski definition) is 2. The molecule has 0 aliphatic carbocycles. The molecule has 1 aromatic rings. The SMILES string of the molecule is CCNC(=NCc1ncc(C)c(OC)c1C)NCCCOCC1CCCO1.I.